The number of hydrogen-bond acceptors (Lipinski definition) is 7. The Morgan fingerprint density at radius 3 is 2.67 bits per heavy atom. The third-order valence-corrected chi connectivity index (χ3v) is 5.87. The van der Waals surface area contributed by atoms with Gasteiger partial charge in [0.2, 0.25) is 5.91 Å². The highest BCUT2D eigenvalue weighted by atomic mass is 32.1. The first-order chi connectivity index (χ1) is 14.4. The van der Waals surface area contributed by atoms with Crippen molar-refractivity contribution < 1.29 is 23.9 Å². The third-order valence-electron chi connectivity index (χ3n) is 4.67. The fourth-order valence-electron chi connectivity index (χ4n) is 3.42. The summed E-state index contributed by atoms with van der Waals surface area (Å²) in [6, 6.07) is 2.99. The van der Waals surface area contributed by atoms with Crippen molar-refractivity contribution in [3.05, 3.63) is 39.9 Å². The molecule has 0 aliphatic heterocycles. The summed E-state index contributed by atoms with van der Waals surface area (Å²) in [4.78, 5) is 54.0. The second-order valence-corrected chi connectivity index (χ2v) is 8.16. The van der Waals surface area contributed by atoms with Crippen molar-refractivity contribution in [3.8, 4) is 0 Å². The number of rotatable bonds is 8. The summed E-state index contributed by atoms with van der Waals surface area (Å²) in [6.07, 6.45) is 4.76. The zero-order valence-corrected chi connectivity index (χ0v) is 17.7. The Morgan fingerprint density at radius 1 is 1.17 bits per heavy atom. The molecular weight excluding hydrogens is 406 g/mol. The van der Waals surface area contributed by atoms with Crippen LogP contribution in [0.4, 0.5) is 10.8 Å². The molecule has 158 valence electrons. The van der Waals surface area contributed by atoms with E-state index in [-0.39, 0.29) is 36.3 Å². The third kappa shape index (κ3) is 5.17. The molecule has 9 heteroatoms. The normalized spacial score (nSPS) is 12.7. The number of hydrogen-bond donors (Lipinski definition) is 2. The number of carbonyl (C=O) groups excluding carboxylic acids is 4. The summed E-state index contributed by atoms with van der Waals surface area (Å²) in [5, 5.41) is 5.82. The molecule has 2 aromatic heterocycles. The lowest BCUT2D eigenvalue weighted by atomic mass is 9.92. The molecule has 2 amide bonds. The molecule has 0 atom stereocenters. The van der Waals surface area contributed by atoms with E-state index >= 15 is 0 Å². The lowest BCUT2D eigenvalue weighted by Crippen LogP contribution is -2.18. The first-order valence-electron chi connectivity index (χ1n) is 9.62. The Labute approximate surface area is 178 Å². The van der Waals surface area contributed by atoms with Crippen molar-refractivity contribution in [2.75, 3.05) is 24.4 Å². The van der Waals surface area contributed by atoms with Gasteiger partial charge in [-0.3, -0.25) is 19.2 Å². The van der Waals surface area contributed by atoms with Gasteiger partial charge in [-0.15, -0.1) is 11.3 Å². The number of nitrogens with zero attached hydrogens (tertiary/aromatic N) is 1. The molecule has 8 nitrogen and oxygen atoms in total. The molecule has 30 heavy (non-hydrogen) atoms. The van der Waals surface area contributed by atoms with E-state index in [1.165, 1.54) is 43.7 Å². The van der Waals surface area contributed by atoms with E-state index in [9.17, 15) is 19.2 Å². The standard InChI is InChI=1S/C21H23N3O5S/c1-12(25)23-18-9-13(7-8-22-18)20(28)24-21-19(16(27)10-14(26)11-29-2)15-5-3-4-6-17(15)30-21/h7-9H,3-6,10-11H2,1-2H3,(H,24,28)(H,22,23,25). The van der Waals surface area contributed by atoms with Crippen molar-refractivity contribution >= 4 is 45.5 Å². The Hall–Kier alpha value is -2.91. The summed E-state index contributed by atoms with van der Waals surface area (Å²) in [5.74, 6) is -1.05. The molecule has 1 aliphatic rings. The number of aryl methyl sites for hydroxylation is 1. The molecule has 0 unspecified atom stereocenters. The molecule has 1 aliphatic carbocycles. The van der Waals surface area contributed by atoms with Gasteiger partial charge >= 0.3 is 0 Å². The molecule has 0 bridgehead atoms. The summed E-state index contributed by atoms with van der Waals surface area (Å²) in [7, 11) is 1.41. The van der Waals surface area contributed by atoms with Gasteiger partial charge in [-0.05, 0) is 43.4 Å². The Morgan fingerprint density at radius 2 is 1.93 bits per heavy atom. The lowest BCUT2D eigenvalue weighted by molar-refractivity contribution is -0.121. The summed E-state index contributed by atoms with van der Waals surface area (Å²) in [5.41, 5.74) is 1.67. The van der Waals surface area contributed by atoms with Gasteiger partial charge in [-0.2, -0.15) is 0 Å². The maximum atomic E-state index is 12.9. The van der Waals surface area contributed by atoms with Crippen molar-refractivity contribution in [1.82, 2.24) is 4.98 Å². The van der Waals surface area contributed by atoms with Gasteiger partial charge in [0, 0.05) is 30.7 Å². The number of fused-ring (bicyclic) bond motifs is 1. The topological polar surface area (TPSA) is 114 Å². The number of anilines is 2. The van der Waals surface area contributed by atoms with Crippen LogP contribution in [0.1, 0.15) is 57.3 Å². The number of pyridine rings is 1. The quantitative estimate of drug-likeness (QED) is 0.492. The van der Waals surface area contributed by atoms with Crippen molar-refractivity contribution in [1.29, 1.82) is 0 Å². The van der Waals surface area contributed by atoms with Crippen LogP contribution in [0.15, 0.2) is 18.3 Å². The smallest absolute Gasteiger partial charge is 0.256 e. The number of thiophene rings is 1. The summed E-state index contributed by atoms with van der Waals surface area (Å²) >= 11 is 1.39. The van der Waals surface area contributed by atoms with Crippen LogP contribution < -0.4 is 10.6 Å². The first kappa shape index (κ1) is 21.8. The molecule has 2 aromatic rings. The lowest BCUT2D eigenvalue weighted by Gasteiger charge is -2.12. The SMILES string of the molecule is COCC(=O)CC(=O)c1c(NC(=O)c2ccnc(NC(C)=O)c2)sc2c1CCCC2. The fourth-order valence-corrected chi connectivity index (χ4v) is 4.73. The van der Waals surface area contributed by atoms with Gasteiger partial charge in [0.25, 0.3) is 5.91 Å². The first-order valence-corrected chi connectivity index (χ1v) is 10.4. The largest absolute Gasteiger partial charge is 0.377 e. The zero-order valence-electron chi connectivity index (χ0n) is 16.9. The van der Waals surface area contributed by atoms with Crippen LogP contribution in [0.3, 0.4) is 0 Å². The maximum Gasteiger partial charge on any atom is 0.256 e. The van der Waals surface area contributed by atoms with E-state index in [0.29, 0.717) is 16.1 Å². The highest BCUT2D eigenvalue weighted by molar-refractivity contribution is 7.17. The van der Waals surface area contributed by atoms with Crippen LogP contribution in [-0.4, -0.2) is 42.1 Å². The number of methoxy groups -OCH3 is 1. The van der Waals surface area contributed by atoms with Crippen molar-refractivity contribution in [2.24, 2.45) is 0 Å². The van der Waals surface area contributed by atoms with E-state index in [2.05, 4.69) is 15.6 Å². The molecule has 0 saturated carbocycles. The second-order valence-electron chi connectivity index (χ2n) is 7.05. The number of ether oxygens (including phenoxy) is 1. The van der Waals surface area contributed by atoms with Crippen LogP contribution in [0, 0.1) is 0 Å². The van der Waals surface area contributed by atoms with Crippen LogP contribution in [-0.2, 0) is 27.2 Å². The van der Waals surface area contributed by atoms with Gasteiger partial charge in [0.1, 0.15) is 17.4 Å². The molecule has 0 fully saturated rings. The minimum atomic E-state index is -0.417. The second kappa shape index (κ2) is 9.73. The monoisotopic (exact) mass is 429 g/mol. The minimum absolute atomic E-state index is 0.122. The fraction of sp³-hybridized carbons (Fsp3) is 0.381. The number of ketones is 2. The van der Waals surface area contributed by atoms with Gasteiger partial charge < -0.3 is 15.4 Å². The molecular formula is C21H23N3O5S. The van der Waals surface area contributed by atoms with E-state index in [1.807, 2.05) is 0 Å². The molecule has 0 saturated heterocycles. The molecule has 2 heterocycles. The summed E-state index contributed by atoms with van der Waals surface area (Å²) < 4.78 is 4.82. The van der Waals surface area contributed by atoms with Gasteiger partial charge in [-0.25, -0.2) is 4.98 Å². The van der Waals surface area contributed by atoms with Crippen LogP contribution in [0.2, 0.25) is 0 Å². The molecule has 2 N–H and O–H groups in total. The average Bonchev–Trinajstić information content (AvgIpc) is 3.05. The van der Waals surface area contributed by atoms with E-state index in [0.717, 1.165) is 36.1 Å². The number of Topliss-reactive ketones (excluding diaryl/α,β-unsaturated/α-hetero) is 2. The minimum Gasteiger partial charge on any atom is -0.377 e. The number of aromatic nitrogens is 1. The number of nitrogens with one attached hydrogen (secondary N) is 2. The highest BCUT2D eigenvalue weighted by Crippen LogP contribution is 2.39. The number of amides is 2. The van der Waals surface area contributed by atoms with Crippen LogP contribution in [0.5, 0.6) is 0 Å². The zero-order chi connectivity index (χ0) is 21.7. The average molecular weight is 429 g/mol. The number of carbonyl (C=O) groups is 4. The van der Waals surface area contributed by atoms with Crippen LogP contribution >= 0.6 is 11.3 Å². The predicted octanol–water partition coefficient (Wildman–Crippen LogP) is 3.02. The Kier molecular flexibility index (Phi) is 7.07. The van der Waals surface area contributed by atoms with E-state index in [4.69, 9.17) is 4.74 Å². The highest BCUT2D eigenvalue weighted by Gasteiger charge is 2.27. The van der Waals surface area contributed by atoms with Crippen LogP contribution in [0.25, 0.3) is 0 Å². The van der Waals surface area contributed by atoms with Gasteiger partial charge in [0.15, 0.2) is 11.6 Å². The Bertz CT molecular complexity index is 999. The molecule has 0 spiro atoms. The van der Waals surface area contributed by atoms with Gasteiger partial charge in [-0.1, -0.05) is 0 Å². The van der Waals surface area contributed by atoms with E-state index < -0.39 is 5.91 Å². The maximum absolute atomic E-state index is 12.9. The van der Waals surface area contributed by atoms with Crippen molar-refractivity contribution in [3.63, 3.8) is 0 Å². The predicted molar refractivity (Wildman–Crippen MR) is 113 cm³/mol. The van der Waals surface area contributed by atoms with Gasteiger partial charge in [0.05, 0.1) is 12.0 Å². The van der Waals surface area contributed by atoms with Crippen molar-refractivity contribution in [2.45, 2.75) is 39.0 Å². The molecule has 0 radical (unpaired) electrons. The molecule has 0 aromatic carbocycles. The molecule has 3 rings (SSSR count). The Balaban J connectivity index is 1.87. The van der Waals surface area contributed by atoms with E-state index in [1.54, 1.807) is 0 Å². The summed E-state index contributed by atoms with van der Waals surface area (Å²) in [6.45, 7) is 1.23.